The van der Waals surface area contributed by atoms with E-state index in [1.165, 1.54) is 17.2 Å². The SMILES string of the molecule is O=C(Nc1ccoc1C(=O)N1CCCCCC1C(=O)O)OCC1c2ccccc2-c2ccccc21. The molecule has 35 heavy (non-hydrogen) atoms. The molecule has 8 heteroatoms. The lowest BCUT2D eigenvalue weighted by Gasteiger charge is -2.26. The molecule has 1 aliphatic carbocycles. The van der Waals surface area contributed by atoms with Crippen LogP contribution in [0.5, 0.6) is 0 Å². The van der Waals surface area contributed by atoms with Crippen LogP contribution in [0.3, 0.4) is 0 Å². The van der Waals surface area contributed by atoms with Gasteiger partial charge in [-0.1, -0.05) is 61.4 Å². The van der Waals surface area contributed by atoms with Gasteiger partial charge in [-0.25, -0.2) is 9.59 Å². The lowest BCUT2D eigenvalue weighted by Crippen LogP contribution is -2.44. The Morgan fingerprint density at radius 1 is 0.971 bits per heavy atom. The predicted molar refractivity (Wildman–Crippen MR) is 128 cm³/mol. The van der Waals surface area contributed by atoms with Gasteiger partial charge >= 0.3 is 12.1 Å². The van der Waals surface area contributed by atoms with Crippen LogP contribution < -0.4 is 5.32 Å². The van der Waals surface area contributed by atoms with E-state index in [-0.39, 0.29) is 24.0 Å². The lowest BCUT2D eigenvalue weighted by molar-refractivity contribution is -0.142. The molecule has 180 valence electrons. The van der Waals surface area contributed by atoms with Crippen molar-refractivity contribution in [2.45, 2.75) is 37.6 Å². The van der Waals surface area contributed by atoms with E-state index in [9.17, 15) is 19.5 Å². The first-order chi connectivity index (χ1) is 17.0. The van der Waals surface area contributed by atoms with Crippen molar-refractivity contribution in [3.63, 3.8) is 0 Å². The molecule has 0 spiro atoms. The number of carbonyl (C=O) groups excluding carboxylic acids is 2. The van der Waals surface area contributed by atoms with E-state index in [1.807, 2.05) is 36.4 Å². The third-order valence-corrected chi connectivity index (χ3v) is 6.74. The largest absolute Gasteiger partial charge is 0.480 e. The van der Waals surface area contributed by atoms with E-state index >= 15 is 0 Å². The average molecular weight is 475 g/mol. The minimum absolute atomic E-state index is 0.0907. The van der Waals surface area contributed by atoms with E-state index in [0.717, 1.165) is 35.1 Å². The normalized spacial score (nSPS) is 17.3. The molecule has 1 atom stereocenters. The van der Waals surface area contributed by atoms with Crippen molar-refractivity contribution in [1.82, 2.24) is 4.90 Å². The topological polar surface area (TPSA) is 109 Å². The number of nitrogens with one attached hydrogen (secondary N) is 1. The first-order valence-electron chi connectivity index (χ1n) is 11.8. The summed E-state index contributed by atoms with van der Waals surface area (Å²) in [6.45, 7) is 0.453. The molecule has 5 rings (SSSR count). The number of furan rings is 1. The quantitative estimate of drug-likeness (QED) is 0.532. The monoisotopic (exact) mass is 474 g/mol. The highest BCUT2D eigenvalue weighted by Gasteiger charge is 2.34. The molecule has 0 bridgehead atoms. The smallest absolute Gasteiger partial charge is 0.411 e. The highest BCUT2D eigenvalue weighted by molar-refractivity contribution is 6.01. The van der Waals surface area contributed by atoms with Crippen molar-refractivity contribution in [3.8, 4) is 11.1 Å². The van der Waals surface area contributed by atoms with E-state index in [2.05, 4.69) is 17.4 Å². The molecule has 1 saturated heterocycles. The molecule has 1 fully saturated rings. The number of likely N-dealkylation sites (tertiary alicyclic amines) is 1. The van der Waals surface area contributed by atoms with E-state index in [0.29, 0.717) is 19.4 Å². The molecule has 3 aromatic rings. The number of carboxylic acid groups (broad SMARTS) is 1. The van der Waals surface area contributed by atoms with Crippen molar-refractivity contribution >= 4 is 23.7 Å². The van der Waals surface area contributed by atoms with Gasteiger partial charge < -0.3 is 19.2 Å². The van der Waals surface area contributed by atoms with Gasteiger partial charge in [0.25, 0.3) is 5.91 Å². The Labute approximate surface area is 202 Å². The van der Waals surface area contributed by atoms with Crippen LogP contribution in [0.25, 0.3) is 11.1 Å². The number of nitrogens with zero attached hydrogens (tertiary/aromatic N) is 1. The fraction of sp³-hybridized carbons (Fsp3) is 0.296. The maximum atomic E-state index is 13.1. The van der Waals surface area contributed by atoms with E-state index in [4.69, 9.17) is 9.15 Å². The van der Waals surface area contributed by atoms with Crippen LogP contribution in [0, 0.1) is 0 Å². The van der Waals surface area contributed by atoms with Gasteiger partial charge in [-0.3, -0.25) is 10.1 Å². The van der Waals surface area contributed by atoms with Crippen LogP contribution in [-0.4, -0.2) is 47.2 Å². The molecule has 2 aliphatic rings. The van der Waals surface area contributed by atoms with Gasteiger partial charge in [-0.05, 0) is 35.1 Å². The Kier molecular flexibility index (Phi) is 6.27. The van der Waals surface area contributed by atoms with Crippen molar-refractivity contribution in [1.29, 1.82) is 0 Å². The first kappa shape index (κ1) is 22.7. The van der Waals surface area contributed by atoms with E-state index < -0.39 is 24.0 Å². The number of hydrogen-bond donors (Lipinski definition) is 2. The minimum atomic E-state index is -1.04. The molecule has 8 nitrogen and oxygen atoms in total. The third-order valence-electron chi connectivity index (χ3n) is 6.74. The number of aliphatic carboxylic acids is 1. The lowest BCUT2D eigenvalue weighted by atomic mass is 9.98. The van der Waals surface area contributed by atoms with Gasteiger partial charge in [0, 0.05) is 18.5 Å². The van der Waals surface area contributed by atoms with Gasteiger partial charge in [-0.15, -0.1) is 0 Å². The molecular formula is C27H26N2O6. The van der Waals surface area contributed by atoms with Crippen LogP contribution in [0.15, 0.2) is 65.3 Å². The number of amides is 2. The molecule has 2 heterocycles. The summed E-state index contributed by atoms with van der Waals surface area (Å²) >= 11 is 0. The standard InChI is InChI=1S/C27H26N2O6/c30-25(29-14-7-1-2-12-23(29)26(31)32)24-22(13-15-34-24)28-27(33)35-16-21-19-10-5-3-8-17(19)18-9-4-6-11-20(18)21/h3-6,8-11,13,15,21,23H,1-2,7,12,14,16H2,(H,28,33)(H,31,32). The van der Waals surface area contributed by atoms with Gasteiger partial charge in [0.2, 0.25) is 5.76 Å². The zero-order valence-electron chi connectivity index (χ0n) is 19.1. The molecule has 1 aliphatic heterocycles. The molecule has 0 saturated carbocycles. The first-order valence-corrected chi connectivity index (χ1v) is 11.8. The fourth-order valence-electron chi connectivity index (χ4n) is 5.06. The zero-order chi connectivity index (χ0) is 24.4. The van der Waals surface area contributed by atoms with Crippen molar-refractivity contribution in [2.75, 3.05) is 18.5 Å². The maximum Gasteiger partial charge on any atom is 0.411 e. The van der Waals surface area contributed by atoms with Crippen LogP contribution >= 0.6 is 0 Å². The fourth-order valence-corrected chi connectivity index (χ4v) is 5.06. The summed E-state index contributed by atoms with van der Waals surface area (Å²) in [4.78, 5) is 38.9. The summed E-state index contributed by atoms with van der Waals surface area (Å²) < 4.78 is 10.9. The number of fused-ring (bicyclic) bond motifs is 3. The second-order valence-corrected chi connectivity index (χ2v) is 8.82. The second kappa shape index (κ2) is 9.66. The number of carbonyl (C=O) groups is 3. The maximum absolute atomic E-state index is 13.1. The highest BCUT2D eigenvalue weighted by Crippen LogP contribution is 2.44. The van der Waals surface area contributed by atoms with Crippen LogP contribution in [0.4, 0.5) is 10.5 Å². The molecule has 1 aromatic heterocycles. The van der Waals surface area contributed by atoms with Crippen LogP contribution in [-0.2, 0) is 9.53 Å². The Hall–Kier alpha value is -4.07. The average Bonchev–Trinajstić information content (AvgIpc) is 3.35. The number of hydrogen-bond acceptors (Lipinski definition) is 5. The minimum Gasteiger partial charge on any atom is -0.480 e. The Bertz CT molecular complexity index is 1220. The number of anilines is 1. The zero-order valence-corrected chi connectivity index (χ0v) is 19.1. The Morgan fingerprint density at radius 3 is 2.34 bits per heavy atom. The highest BCUT2D eigenvalue weighted by atomic mass is 16.5. The van der Waals surface area contributed by atoms with Gasteiger partial charge in [0.05, 0.1) is 12.0 Å². The van der Waals surface area contributed by atoms with Crippen molar-refractivity contribution < 1.29 is 28.6 Å². The Balaban J connectivity index is 1.28. The molecule has 0 radical (unpaired) electrons. The van der Waals surface area contributed by atoms with Gasteiger partial charge in [0.15, 0.2) is 0 Å². The van der Waals surface area contributed by atoms with Crippen LogP contribution in [0.1, 0.15) is 53.3 Å². The summed E-state index contributed by atoms with van der Waals surface area (Å²) in [5.74, 6) is -1.80. The predicted octanol–water partition coefficient (Wildman–Crippen LogP) is 5.11. The number of benzene rings is 2. The molecule has 1 unspecified atom stereocenters. The van der Waals surface area contributed by atoms with E-state index in [1.54, 1.807) is 0 Å². The van der Waals surface area contributed by atoms with Crippen LogP contribution in [0.2, 0.25) is 0 Å². The summed E-state index contributed by atoms with van der Waals surface area (Å²) in [7, 11) is 0. The second-order valence-electron chi connectivity index (χ2n) is 8.82. The summed E-state index contributed by atoms with van der Waals surface area (Å²) in [6, 6.07) is 16.6. The summed E-state index contributed by atoms with van der Waals surface area (Å²) in [5.41, 5.74) is 4.61. The summed E-state index contributed by atoms with van der Waals surface area (Å²) in [5, 5.41) is 12.2. The number of carboxylic acids is 1. The van der Waals surface area contributed by atoms with Crippen molar-refractivity contribution in [3.05, 3.63) is 77.7 Å². The number of rotatable bonds is 5. The van der Waals surface area contributed by atoms with Gasteiger partial charge in [0.1, 0.15) is 12.6 Å². The molecule has 2 aromatic carbocycles. The molecular weight excluding hydrogens is 448 g/mol. The van der Waals surface area contributed by atoms with Gasteiger partial charge in [-0.2, -0.15) is 0 Å². The third kappa shape index (κ3) is 4.39. The number of ether oxygens (including phenoxy) is 1. The molecule has 2 amide bonds. The molecule has 2 N–H and O–H groups in total. The Morgan fingerprint density at radius 2 is 1.66 bits per heavy atom. The summed E-state index contributed by atoms with van der Waals surface area (Å²) in [6.07, 6.45) is 3.27. The van der Waals surface area contributed by atoms with Crippen molar-refractivity contribution in [2.24, 2.45) is 0 Å².